The Morgan fingerprint density at radius 1 is 1.29 bits per heavy atom. The highest BCUT2D eigenvalue weighted by molar-refractivity contribution is 5.80. The lowest BCUT2D eigenvalue weighted by Crippen LogP contribution is -2.38. The molecule has 0 bridgehead atoms. The molecule has 0 saturated heterocycles. The summed E-state index contributed by atoms with van der Waals surface area (Å²) in [6.07, 6.45) is 0.960. The van der Waals surface area contributed by atoms with Gasteiger partial charge in [-0.25, -0.2) is 0 Å². The summed E-state index contributed by atoms with van der Waals surface area (Å²) in [7, 11) is 0. The summed E-state index contributed by atoms with van der Waals surface area (Å²) in [5.41, 5.74) is 4.89. The second-order valence-corrected chi connectivity index (χ2v) is 3.60. The smallest absolute Gasteiger partial charge is 0.233 e. The van der Waals surface area contributed by atoms with Gasteiger partial charge in [0.05, 0.1) is 13.1 Å². The highest BCUT2D eigenvalue weighted by atomic mass is 16.2. The molecule has 0 aromatic heterocycles. The Morgan fingerprint density at radius 3 is 2.43 bits per heavy atom. The van der Waals surface area contributed by atoms with Gasteiger partial charge in [0.1, 0.15) is 0 Å². The molecule has 0 radical (unpaired) electrons. The van der Waals surface area contributed by atoms with Crippen LogP contribution in [-0.2, 0) is 9.59 Å². The van der Waals surface area contributed by atoms with E-state index in [0.29, 0.717) is 12.5 Å². The van der Waals surface area contributed by atoms with Crippen LogP contribution in [0.15, 0.2) is 0 Å². The third kappa shape index (κ3) is 8.99. The van der Waals surface area contributed by atoms with E-state index in [1.165, 1.54) is 0 Å². The molecule has 0 aliphatic carbocycles. The quantitative estimate of drug-likeness (QED) is 0.505. The third-order valence-corrected chi connectivity index (χ3v) is 1.63. The molecule has 4 N–H and O–H groups in total. The first kappa shape index (κ1) is 12.9. The average molecular weight is 201 g/mol. The van der Waals surface area contributed by atoms with Crippen molar-refractivity contribution in [2.75, 3.05) is 19.6 Å². The van der Waals surface area contributed by atoms with Crippen molar-refractivity contribution in [3.8, 4) is 0 Å². The molecule has 14 heavy (non-hydrogen) atoms. The van der Waals surface area contributed by atoms with Crippen molar-refractivity contribution < 1.29 is 9.59 Å². The molecular formula is C9H19N3O2. The molecule has 0 heterocycles. The van der Waals surface area contributed by atoms with Gasteiger partial charge in [0, 0.05) is 6.54 Å². The lowest BCUT2D eigenvalue weighted by atomic mass is 10.1. The summed E-state index contributed by atoms with van der Waals surface area (Å²) in [5.74, 6) is 0.0146. The summed E-state index contributed by atoms with van der Waals surface area (Å²) < 4.78 is 0. The monoisotopic (exact) mass is 201 g/mol. The summed E-state index contributed by atoms with van der Waals surface area (Å²) in [6, 6.07) is 0. The molecule has 0 fully saturated rings. The van der Waals surface area contributed by atoms with Crippen LogP contribution < -0.4 is 16.4 Å². The number of carbonyl (C=O) groups excluding carboxylic acids is 2. The van der Waals surface area contributed by atoms with Gasteiger partial charge in [0.15, 0.2) is 0 Å². The molecule has 5 heteroatoms. The van der Waals surface area contributed by atoms with Crippen LogP contribution in [-0.4, -0.2) is 31.4 Å². The molecule has 0 atom stereocenters. The maximum atomic E-state index is 11.1. The standard InChI is InChI=1S/C9H19N3O2/c1-7(2)3-4-12-9(14)6-11-5-8(10)13/h7,11H,3-6H2,1-2H3,(H2,10,13)(H,12,14). The molecule has 0 aromatic carbocycles. The minimum absolute atomic E-state index is 0.0393. The fourth-order valence-electron chi connectivity index (χ4n) is 0.862. The summed E-state index contributed by atoms with van der Waals surface area (Å²) in [6.45, 7) is 5.04. The molecule has 0 aromatic rings. The van der Waals surface area contributed by atoms with Crippen LogP contribution >= 0.6 is 0 Å². The fraction of sp³-hybridized carbons (Fsp3) is 0.778. The minimum atomic E-state index is -0.458. The van der Waals surface area contributed by atoms with Gasteiger partial charge in [-0.2, -0.15) is 0 Å². The van der Waals surface area contributed by atoms with Crippen LogP contribution in [0.1, 0.15) is 20.3 Å². The summed E-state index contributed by atoms with van der Waals surface area (Å²) in [5, 5.41) is 5.37. The van der Waals surface area contributed by atoms with Gasteiger partial charge in [0.2, 0.25) is 11.8 Å². The van der Waals surface area contributed by atoms with Gasteiger partial charge in [-0.05, 0) is 12.3 Å². The minimum Gasteiger partial charge on any atom is -0.369 e. The Bertz CT molecular complexity index is 192. The second kappa shape index (κ2) is 7.32. The first-order valence-corrected chi connectivity index (χ1v) is 4.78. The van der Waals surface area contributed by atoms with E-state index in [4.69, 9.17) is 5.73 Å². The van der Waals surface area contributed by atoms with Crippen molar-refractivity contribution in [1.29, 1.82) is 0 Å². The van der Waals surface area contributed by atoms with Crippen LogP contribution in [0.3, 0.4) is 0 Å². The van der Waals surface area contributed by atoms with Crippen molar-refractivity contribution in [3.05, 3.63) is 0 Å². The molecule has 0 unspecified atom stereocenters. The Hall–Kier alpha value is -1.10. The highest BCUT2D eigenvalue weighted by Gasteiger charge is 2.01. The van der Waals surface area contributed by atoms with Crippen molar-refractivity contribution in [2.45, 2.75) is 20.3 Å². The predicted molar refractivity (Wildman–Crippen MR) is 54.5 cm³/mol. The molecule has 0 spiro atoms. The van der Waals surface area contributed by atoms with Crippen LogP contribution in [0.2, 0.25) is 0 Å². The van der Waals surface area contributed by atoms with Crippen LogP contribution in [0, 0.1) is 5.92 Å². The van der Waals surface area contributed by atoms with E-state index < -0.39 is 5.91 Å². The summed E-state index contributed by atoms with van der Waals surface area (Å²) >= 11 is 0. The zero-order chi connectivity index (χ0) is 11.0. The lowest BCUT2D eigenvalue weighted by molar-refractivity contribution is -0.120. The topological polar surface area (TPSA) is 84.2 Å². The van der Waals surface area contributed by atoms with E-state index in [0.717, 1.165) is 6.42 Å². The first-order chi connectivity index (χ1) is 6.52. The molecule has 82 valence electrons. The number of hydrogen-bond acceptors (Lipinski definition) is 3. The maximum Gasteiger partial charge on any atom is 0.233 e. The highest BCUT2D eigenvalue weighted by Crippen LogP contribution is 1.95. The van der Waals surface area contributed by atoms with Gasteiger partial charge < -0.3 is 11.1 Å². The first-order valence-electron chi connectivity index (χ1n) is 4.78. The fourth-order valence-corrected chi connectivity index (χ4v) is 0.862. The van der Waals surface area contributed by atoms with E-state index in [1.807, 2.05) is 0 Å². The number of primary amides is 1. The van der Waals surface area contributed by atoms with E-state index in [9.17, 15) is 9.59 Å². The number of amides is 2. The number of rotatable bonds is 7. The largest absolute Gasteiger partial charge is 0.369 e. The van der Waals surface area contributed by atoms with Gasteiger partial charge in [-0.3, -0.25) is 14.9 Å². The van der Waals surface area contributed by atoms with Gasteiger partial charge in [-0.1, -0.05) is 13.8 Å². The molecule has 0 aliphatic heterocycles. The third-order valence-electron chi connectivity index (χ3n) is 1.63. The van der Waals surface area contributed by atoms with Crippen LogP contribution in [0.4, 0.5) is 0 Å². The molecular weight excluding hydrogens is 182 g/mol. The number of carbonyl (C=O) groups is 2. The number of nitrogens with two attached hydrogens (primary N) is 1. The van der Waals surface area contributed by atoms with Crippen molar-refractivity contribution in [2.24, 2.45) is 11.7 Å². The maximum absolute atomic E-state index is 11.1. The molecule has 0 rings (SSSR count). The zero-order valence-electron chi connectivity index (χ0n) is 8.80. The van der Waals surface area contributed by atoms with Crippen molar-refractivity contribution in [3.63, 3.8) is 0 Å². The number of nitrogens with one attached hydrogen (secondary N) is 2. The van der Waals surface area contributed by atoms with Gasteiger partial charge in [0.25, 0.3) is 0 Å². The van der Waals surface area contributed by atoms with Gasteiger partial charge >= 0.3 is 0 Å². The van der Waals surface area contributed by atoms with E-state index in [1.54, 1.807) is 0 Å². The SMILES string of the molecule is CC(C)CCNC(=O)CNCC(N)=O. The second-order valence-electron chi connectivity index (χ2n) is 3.60. The van der Waals surface area contributed by atoms with Crippen LogP contribution in [0.25, 0.3) is 0 Å². The van der Waals surface area contributed by atoms with E-state index >= 15 is 0 Å². The van der Waals surface area contributed by atoms with E-state index in [-0.39, 0.29) is 19.0 Å². The predicted octanol–water partition coefficient (Wildman–Crippen LogP) is -0.776. The average Bonchev–Trinajstić information content (AvgIpc) is 2.02. The molecule has 0 saturated carbocycles. The van der Waals surface area contributed by atoms with Crippen molar-refractivity contribution in [1.82, 2.24) is 10.6 Å². The van der Waals surface area contributed by atoms with Crippen LogP contribution in [0.5, 0.6) is 0 Å². The van der Waals surface area contributed by atoms with Crippen molar-refractivity contribution >= 4 is 11.8 Å². The molecule has 0 aliphatic rings. The van der Waals surface area contributed by atoms with E-state index in [2.05, 4.69) is 24.5 Å². The van der Waals surface area contributed by atoms with Gasteiger partial charge in [-0.15, -0.1) is 0 Å². The lowest BCUT2D eigenvalue weighted by Gasteiger charge is -2.07. The normalized spacial score (nSPS) is 10.2. The molecule has 2 amide bonds. The molecule has 5 nitrogen and oxygen atoms in total. The number of hydrogen-bond donors (Lipinski definition) is 3. The Labute approximate surface area is 84.4 Å². The Morgan fingerprint density at radius 2 is 1.93 bits per heavy atom. The summed E-state index contributed by atoms with van der Waals surface area (Å²) in [4.78, 5) is 21.4. The zero-order valence-corrected chi connectivity index (χ0v) is 8.80. The Kier molecular flexibility index (Phi) is 6.74. The Balaban J connectivity index is 3.33.